The highest BCUT2D eigenvalue weighted by atomic mass is 19.4. The molecule has 0 N–H and O–H groups in total. The fraction of sp³-hybridized carbons (Fsp3) is 0.348. The number of rotatable bonds is 4. The standard InChI is InChI=1S/C23H23F3N4O2/c1-15-7-9-17(10-8-15)20-27-21(32-28-20)16(2)29-11-13-30(14-12-29)22(31)18-5-3-4-6-19(18)23(24,25)26/h3-10,16H,11-14H2,1-2H3. The van der Waals surface area contributed by atoms with Crippen molar-refractivity contribution in [1.29, 1.82) is 0 Å². The van der Waals surface area contributed by atoms with Crippen molar-refractivity contribution >= 4 is 5.91 Å². The van der Waals surface area contributed by atoms with E-state index in [0.29, 0.717) is 37.9 Å². The lowest BCUT2D eigenvalue weighted by Gasteiger charge is -2.37. The van der Waals surface area contributed by atoms with Crippen molar-refractivity contribution in [2.75, 3.05) is 26.2 Å². The first kappa shape index (κ1) is 22.0. The molecule has 32 heavy (non-hydrogen) atoms. The van der Waals surface area contributed by atoms with Gasteiger partial charge in [0.05, 0.1) is 17.2 Å². The van der Waals surface area contributed by atoms with Crippen LogP contribution in [0.15, 0.2) is 53.1 Å². The predicted octanol–water partition coefficient (Wildman–Crippen LogP) is 4.58. The highest BCUT2D eigenvalue weighted by molar-refractivity contribution is 5.96. The number of benzene rings is 2. The van der Waals surface area contributed by atoms with Gasteiger partial charge in [0.15, 0.2) is 0 Å². The average molecular weight is 444 g/mol. The summed E-state index contributed by atoms with van der Waals surface area (Å²) in [4.78, 5) is 20.8. The van der Waals surface area contributed by atoms with Crippen LogP contribution in [0.25, 0.3) is 11.4 Å². The molecule has 1 fully saturated rings. The Morgan fingerprint density at radius 2 is 1.69 bits per heavy atom. The van der Waals surface area contributed by atoms with Gasteiger partial charge in [-0.25, -0.2) is 0 Å². The van der Waals surface area contributed by atoms with Gasteiger partial charge in [0.25, 0.3) is 5.91 Å². The second kappa shape index (κ2) is 8.74. The van der Waals surface area contributed by atoms with Crippen molar-refractivity contribution in [3.05, 3.63) is 71.1 Å². The zero-order chi connectivity index (χ0) is 22.9. The first-order valence-electron chi connectivity index (χ1n) is 10.3. The van der Waals surface area contributed by atoms with E-state index in [4.69, 9.17) is 4.52 Å². The van der Waals surface area contributed by atoms with Crippen LogP contribution in [-0.2, 0) is 6.18 Å². The number of hydrogen-bond donors (Lipinski definition) is 0. The second-order valence-electron chi connectivity index (χ2n) is 7.87. The topological polar surface area (TPSA) is 62.5 Å². The Labute approximate surface area is 183 Å². The van der Waals surface area contributed by atoms with Gasteiger partial charge in [-0.2, -0.15) is 18.2 Å². The van der Waals surface area contributed by atoms with Crippen LogP contribution in [0.2, 0.25) is 0 Å². The van der Waals surface area contributed by atoms with Crippen molar-refractivity contribution in [2.45, 2.75) is 26.1 Å². The average Bonchev–Trinajstić information content (AvgIpc) is 3.28. The monoisotopic (exact) mass is 444 g/mol. The third kappa shape index (κ3) is 4.52. The van der Waals surface area contributed by atoms with Crippen LogP contribution in [-0.4, -0.2) is 52.0 Å². The van der Waals surface area contributed by atoms with Gasteiger partial charge in [0.2, 0.25) is 11.7 Å². The van der Waals surface area contributed by atoms with Gasteiger partial charge in [-0.3, -0.25) is 9.69 Å². The Morgan fingerprint density at radius 1 is 1.03 bits per heavy atom. The lowest BCUT2D eigenvalue weighted by Crippen LogP contribution is -2.49. The Bertz CT molecular complexity index is 1090. The molecule has 1 aliphatic heterocycles. The predicted molar refractivity (Wildman–Crippen MR) is 112 cm³/mol. The van der Waals surface area contributed by atoms with Gasteiger partial charge in [-0.1, -0.05) is 47.1 Å². The molecule has 9 heteroatoms. The van der Waals surface area contributed by atoms with Gasteiger partial charge < -0.3 is 9.42 Å². The van der Waals surface area contributed by atoms with Crippen molar-refractivity contribution < 1.29 is 22.5 Å². The maximum atomic E-state index is 13.3. The molecule has 0 spiro atoms. The molecule has 168 valence electrons. The number of piperazine rings is 1. The van der Waals surface area contributed by atoms with E-state index >= 15 is 0 Å². The van der Waals surface area contributed by atoms with Crippen molar-refractivity contribution in [2.24, 2.45) is 0 Å². The summed E-state index contributed by atoms with van der Waals surface area (Å²) in [6, 6.07) is 12.5. The van der Waals surface area contributed by atoms with Crippen LogP contribution >= 0.6 is 0 Å². The molecule has 1 atom stereocenters. The van der Waals surface area contributed by atoms with Crippen LogP contribution in [0.4, 0.5) is 13.2 Å². The molecule has 0 aliphatic carbocycles. The molecular weight excluding hydrogens is 421 g/mol. The molecule has 1 saturated heterocycles. The second-order valence-corrected chi connectivity index (χ2v) is 7.87. The minimum atomic E-state index is -4.57. The Balaban J connectivity index is 1.41. The third-order valence-electron chi connectivity index (χ3n) is 5.72. The smallest absolute Gasteiger partial charge is 0.337 e. The highest BCUT2D eigenvalue weighted by Gasteiger charge is 2.36. The van der Waals surface area contributed by atoms with Gasteiger partial charge in [0, 0.05) is 31.7 Å². The van der Waals surface area contributed by atoms with Crippen LogP contribution in [0.3, 0.4) is 0 Å². The number of carbonyl (C=O) groups is 1. The van der Waals surface area contributed by atoms with E-state index < -0.39 is 17.6 Å². The van der Waals surface area contributed by atoms with E-state index in [1.165, 1.54) is 23.1 Å². The SMILES string of the molecule is Cc1ccc(-c2noc(C(C)N3CCN(C(=O)c4ccccc4C(F)(F)F)CC3)n2)cc1. The van der Waals surface area contributed by atoms with Crippen molar-refractivity contribution in [1.82, 2.24) is 19.9 Å². The number of amides is 1. The zero-order valence-corrected chi connectivity index (χ0v) is 17.8. The summed E-state index contributed by atoms with van der Waals surface area (Å²) in [5.41, 5.74) is 0.768. The molecule has 6 nitrogen and oxygen atoms in total. The molecule has 3 aromatic rings. The number of carbonyl (C=O) groups excluding carboxylic acids is 1. The minimum absolute atomic E-state index is 0.179. The number of alkyl halides is 3. The molecule has 0 bridgehead atoms. The van der Waals surface area contributed by atoms with Gasteiger partial charge in [-0.15, -0.1) is 0 Å². The quantitative estimate of drug-likeness (QED) is 0.589. The fourth-order valence-electron chi connectivity index (χ4n) is 3.78. The van der Waals surface area contributed by atoms with Crippen LogP contribution in [0.1, 0.15) is 40.3 Å². The highest BCUT2D eigenvalue weighted by Crippen LogP contribution is 2.32. The van der Waals surface area contributed by atoms with Gasteiger partial charge in [-0.05, 0) is 26.0 Å². The Morgan fingerprint density at radius 3 is 2.34 bits per heavy atom. The molecule has 2 aromatic carbocycles. The van der Waals surface area contributed by atoms with E-state index in [9.17, 15) is 18.0 Å². The molecule has 1 aliphatic rings. The summed E-state index contributed by atoms with van der Waals surface area (Å²) in [6.45, 7) is 5.54. The largest absolute Gasteiger partial charge is 0.417 e. The van der Waals surface area contributed by atoms with Crippen LogP contribution in [0, 0.1) is 6.92 Å². The number of hydrogen-bond acceptors (Lipinski definition) is 5. The lowest BCUT2D eigenvalue weighted by atomic mass is 10.1. The van der Waals surface area contributed by atoms with E-state index in [1.807, 2.05) is 38.1 Å². The third-order valence-corrected chi connectivity index (χ3v) is 5.72. The first-order chi connectivity index (χ1) is 15.2. The van der Waals surface area contributed by atoms with E-state index in [-0.39, 0.29) is 11.6 Å². The number of aryl methyl sites for hydroxylation is 1. The van der Waals surface area contributed by atoms with Crippen LogP contribution < -0.4 is 0 Å². The maximum Gasteiger partial charge on any atom is 0.417 e. The summed E-state index contributed by atoms with van der Waals surface area (Å²) in [6.07, 6.45) is -4.57. The molecular formula is C23H23F3N4O2. The molecule has 0 radical (unpaired) electrons. The summed E-state index contributed by atoms with van der Waals surface area (Å²) < 4.78 is 45.3. The summed E-state index contributed by atoms with van der Waals surface area (Å²) >= 11 is 0. The van der Waals surface area contributed by atoms with E-state index in [1.54, 1.807) is 0 Å². The molecule has 4 rings (SSSR count). The number of aromatic nitrogens is 2. The Hall–Kier alpha value is -3.20. The lowest BCUT2D eigenvalue weighted by molar-refractivity contribution is -0.138. The first-order valence-corrected chi connectivity index (χ1v) is 10.3. The fourth-order valence-corrected chi connectivity index (χ4v) is 3.78. The van der Waals surface area contributed by atoms with Crippen molar-refractivity contribution in [3.63, 3.8) is 0 Å². The van der Waals surface area contributed by atoms with E-state index in [2.05, 4.69) is 15.0 Å². The summed E-state index contributed by atoms with van der Waals surface area (Å²) in [7, 11) is 0. The summed E-state index contributed by atoms with van der Waals surface area (Å²) in [5.74, 6) is 0.358. The number of nitrogens with zero attached hydrogens (tertiary/aromatic N) is 4. The molecule has 0 saturated carbocycles. The van der Waals surface area contributed by atoms with Gasteiger partial charge >= 0.3 is 6.18 Å². The van der Waals surface area contributed by atoms with E-state index in [0.717, 1.165) is 17.2 Å². The molecule has 1 amide bonds. The minimum Gasteiger partial charge on any atom is -0.337 e. The Kier molecular flexibility index (Phi) is 6.01. The normalized spacial score (nSPS) is 16.2. The number of halogens is 3. The molecule has 1 unspecified atom stereocenters. The zero-order valence-electron chi connectivity index (χ0n) is 17.8. The molecule has 2 heterocycles. The van der Waals surface area contributed by atoms with Crippen LogP contribution in [0.5, 0.6) is 0 Å². The van der Waals surface area contributed by atoms with Gasteiger partial charge in [0.1, 0.15) is 0 Å². The maximum absolute atomic E-state index is 13.3. The summed E-state index contributed by atoms with van der Waals surface area (Å²) in [5, 5.41) is 4.06. The molecule has 1 aromatic heterocycles. The van der Waals surface area contributed by atoms with Crippen molar-refractivity contribution in [3.8, 4) is 11.4 Å².